The molecule has 0 amide bonds. The predicted molar refractivity (Wildman–Crippen MR) is 72.8 cm³/mol. The van der Waals surface area contributed by atoms with Crippen molar-refractivity contribution in [1.29, 1.82) is 0 Å². The quantitative estimate of drug-likeness (QED) is 0.917. The van der Waals surface area contributed by atoms with Crippen molar-refractivity contribution in [3.63, 3.8) is 0 Å². The molecule has 2 fully saturated rings. The van der Waals surface area contributed by atoms with Crippen molar-refractivity contribution in [2.24, 2.45) is 0 Å². The Morgan fingerprint density at radius 2 is 1.95 bits per heavy atom. The van der Waals surface area contributed by atoms with Gasteiger partial charge in [-0.2, -0.15) is 0 Å². The fourth-order valence-electron chi connectivity index (χ4n) is 2.74. The Morgan fingerprint density at radius 3 is 2.63 bits per heavy atom. The molecule has 1 aliphatic heterocycles. The Morgan fingerprint density at radius 1 is 1.16 bits per heavy atom. The molecule has 1 aliphatic carbocycles. The molecule has 1 unspecified atom stereocenters. The molecule has 1 N–H and O–H groups in total. The predicted octanol–water partition coefficient (Wildman–Crippen LogP) is 3.34. The van der Waals surface area contributed by atoms with E-state index in [-0.39, 0.29) is 5.02 Å². The molecule has 3 rings (SSSR count). The maximum absolute atomic E-state index is 13.9. The number of hydrogen-bond donors (Lipinski definition) is 1. The average Bonchev–Trinajstić information content (AvgIpc) is 3.12. The number of nitrogens with zero attached hydrogens (tertiary/aromatic N) is 1. The first-order valence-electron chi connectivity index (χ1n) is 6.79. The fraction of sp³-hybridized carbons (Fsp3) is 0.571. The highest BCUT2D eigenvalue weighted by Gasteiger charge is 2.29. The van der Waals surface area contributed by atoms with E-state index in [1.807, 2.05) is 4.90 Å². The van der Waals surface area contributed by atoms with E-state index >= 15 is 0 Å². The lowest BCUT2D eigenvalue weighted by Gasteiger charge is -2.35. The van der Waals surface area contributed by atoms with Crippen LogP contribution in [-0.2, 0) is 0 Å². The summed E-state index contributed by atoms with van der Waals surface area (Å²) < 4.78 is 27.0. The molecule has 1 saturated heterocycles. The third-order valence-electron chi connectivity index (χ3n) is 3.77. The minimum absolute atomic E-state index is 0.157. The summed E-state index contributed by atoms with van der Waals surface area (Å²) in [7, 11) is 0. The number of halogens is 3. The summed E-state index contributed by atoms with van der Waals surface area (Å²) >= 11 is 5.99. The summed E-state index contributed by atoms with van der Waals surface area (Å²) in [6, 6.07) is 3.09. The minimum atomic E-state index is -0.629. The van der Waals surface area contributed by atoms with E-state index in [9.17, 15) is 8.78 Å². The molecule has 0 aromatic heterocycles. The lowest BCUT2D eigenvalue weighted by Crippen LogP contribution is -2.46. The molecule has 19 heavy (non-hydrogen) atoms. The van der Waals surface area contributed by atoms with Crippen molar-refractivity contribution in [3.8, 4) is 0 Å². The molecular weight excluding hydrogens is 270 g/mol. The Bertz CT molecular complexity index is 454. The standard InChI is InChI=1S/C14H17ClF2N2/c15-12-6-9(16)7-13(17)14(12)19-5-1-2-11(8-19)18-10-3-4-10/h6-7,10-11,18H,1-5,8H2. The van der Waals surface area contributed by atoms with Crippen LogP contribution in [0.1, 0.15) is 25.7 Å². The first-order valence-corrected chi connectivity index (χ1v) is 7.17. The number of benzene rings is 1. The van der Waals surface area contributed by atoms with E-state index in [0.717, 1.165) is 32.0 Å². The Balaban J connectivity index is 1.77. The fourth-order valence-corrected chi connectivity index (χ4v) is 3.05. The molecule has 2 aliphatic rings. The van der Waals surface area contributed by atoms with Crippen LogP contribution in [0.15, 0.2) is 12.1 Å². The highest BCUT2D eigenvalue weighted by Crippen LogP contribution is 2.32. The highest BCUT2D eigenvalue weighted by molar-refractivity contribution is 6.33. The molecule has 104 valence electrons. The lowest BCUT2D eigenvalue weighted by molar-refractivity contribution is 0.417. The summed E-state index contributed by atoms with van der Waals surface area (Å²) in [4.78, 5) is 1.93. The number of piperidine rings is 1. The Hall–Kier alpha value is -0.870. The van der Waals surface area contributed by atoms with Gasteiger partial charge in [0.25, 0.3) is 0 Å². The van der Waals surface area contributed by atoms with Gasteiger partial charge in [0.1, 0.15) is 5.82 Å². The van der Waals surface area contributed by atoms with Gasteiger partial charge in [-0.1, -0.05) is 11.6 Å². The van der Waals surface area contributed by atoms with Gasteiger partial charge in [0.2, 0.25) is 0 Å². The molecule has 1 saturated carbocycles. The monoisotopic (exact) mass is 286 g/mol. The first kappa shape index (κ1) is 13.1. The van der Waals surface area contributed by atoms with Gasteiger partial charge < -0.3 is 10.2 Å². The van der Waals surface area contributed by atoms with Crippen molar-refractivity contribution in [2.75, 3.05) is 18.0 Å². The van der Waals surface area contributed by atoms with Gasteiger partial charge in [0, 0.05) is 31.2 Å². The van der Waals surface area contributed by atoms with Gasteiger partial charge in [0.15, 0.2) is 5.82 Å². The normalized spacial score (nSPS) is 23.7. The molecule has 1 aromatic rings. The number of anilines is 1. The summed E-state index contributed by atoms with van der Waals surface area (Å²) in [5.41, 5.74) is 0.338. The lowest BCUT2D eigenvalue weighted by atomic mass is 10.0. The third kappa shape index (κ3) is 3.00. The molecule has 1 heterocycles. The number of rotatable bonds is 3. The zero-order chi connectivity index (χ0) is 13.4. The Kier molecular flexibility index (Phi) is 3.63. The zero-order valence-corrected chi connectivity index (χ0v) is 11.4. The van der Waals surface area contributed by atoms with Crippen LogP contribution < -0.4 is 10.2 Å². The maximum Gasteiger partial charge on any atom is 0.150 e. The third-order valence-corrected chi connectivity index (χ3v) is 4.06. The van der Waals surface area contributed by atoms with Gasteiger partial charge >= 0.3 is 0 Å². The van der Waals surface area contributed by atoms with E-state index < -0.39 is 11.6 Å². The van der Waals surface area contributed by atoms with E-state index in [0.29, 0.717) is 17.8 Å². The minimum Gasteiger partial charge on any atom is -0.366 e. The van der Waals surface area contributed by atoms with Gasteiger partial charge in [-0.15, -0.1) is 0 Å². The highest BCUT2D eigenvalue weighted by atomic mass is 35.5. The molecule has 1 atom stereocenters. The topological polar surface area (TPSA) is 15.3 Å². The summed E-state index contributed by atoms with van der Waals surface area (Å²) in [5, 5.41) is 3.72. The summed E-state index contributed by atoms with van der Waals surface area (Å²) in [6.07, 6.45) is 4.58. The number of nitrogens with one attached hydrogen (secondary N) is 1. The molecule has 0 spiro atoms. The smallest absolute Gasteiger partial charge is 0.150 e. The van der Waals surface area contributed by atoms with Crippen LogP contribution in [0.2, 0.25) is 5.02 Å². The second-order valence-electron chi connectivity index (χ2n) is 5.44. The SMILES string of the molecule is Fc1cc(F)c(N2CCCC(NC3CC3)C2)c(Cl)c1. The average molecular weight is 287 g/mol. The van der Waals surface area contributed by atoms with E-state index in [4.69, 9.17) is 11.6 Å². The maximum atomic E-state index is 13.9. The van der Waals surface area contributed by atoms with Crippen LogP contribution in [0, 0.1) is 11.6 Å². The zero-order valence-electron chi connectivity index (χ0n) is 10.6. The number of hydrogen-bond acceptors (Lipinski definition) is 2. The first-order chi connectivity index (χ1) is 9.13. The molecule has 2 nitrogen and oxygen atoms in total. The van der Waals surface area contributed by atoms with Crippen molar-refractivity contribution >= 4 is 17.3 Å². The second-order valence-corrected chi connectivity index (χ2v) is 5.85. The Labute approximate surface area is 116 Å². The summed E-state index contributed by atoms with van der Waals surface area (Å²) in [6.45, 7) is 1.50. The van der Waals surface area contributed by atoms with Crippen molar-refractivity contribution in [2.45, 2.75) is 37.8 Å². The summed E-state index contributed by atoms with van der Waals surface area (Å²) in [5.74, 6) is -1.20. The largest absolute Gasteiger partial charge is 0.366 e. The van der Waals surface area contributed by atoms with Crippen molar-refractivity contribution in [1.82, 2.24) is 5.32 Å². The van der Waals surface area contributed by atoms with Crippen LogP contribution in [0.5, 0.6) is 0 Å². The van der Waals surface area contributed by atoms with Crippen molar-refractivity contribution < 1.29 is 8.78 Å². The van der Waals surface area contributed by atoms with Gasteiger partial charge in [-0.3, -0.25) is 0 Å². The second kappa shape index (κ2) is 5.25. The van der Waals surface area contributed by atoms with Crippen LogP contribution >= 0.6 is 11.6 Å². The molecule has 0 bridgehead atoms. The van der Waals surface area contributed by atoms with Gasteiger partial charge in [-0.05, 0) is 31.7 Å². The van der Waals surface area contributed by atoms with E-state index in [1.54, 1.807) is 0 Å². The van der Waals surface area contributed by atoms with E-state index in [1.165, 1.54) is 18.9 Å². The van der Waals surface area contributed by atoms with Crippen molar-refractivity contribution in [3.05, 3.63) is 28.8 Å². The van der Waals surface area contributed by atoms with E-state index in [2.05, 4.69) is 5.32 Å². The molecule has 1 aromatic carbocycles. The van der Waals surface area contributed by atoms with Crippen LogP contribution in [0.4, 0.5) is 14.5 Å². The van der Waals surface area contributed by atoms with Gasteiger partial charge in [-0.25, -0.2) is 8.78 Å². The van der Waals surface area contributed by atoms with Crippen LogP contribution in [0.3, 0.4) is 0 Å². The van der Waals surface area contributed by atoms with Crippen LogP contribution in [0.25, 0.3) is 0 Å². The molecule has 5 heteroatoms. The van der Waals surface area contributed by atoms with Gasteiger partial charge in [0.05, 0.1) is 10.7 Å². The van der Waals surface area contributed by atoms with Crippen LogP contribution in [-0.4, -0.2) is 25.2 Å². The molecular formula is C14H17ClF2N2. The molecule has 0 radical (unpaired) electrons.